The number of aromatic carboxylic acids is 1. The van der Waals surface area contributed by atoms with Gasteiger partial charge in [-0.15, -0.1) is 0 Å². The Kier molecular flexibility index (Phi) is 3.15. The smallest absolute Gasteiger partial charge is 0.335 e. The zero-order valence-electron chi connectivity index (χ0n) is 9.31. The van der Waals surface area contributed by atoms with Crippen molar-refractivity contribution in [3.05, 3.63) is 29.8 Å². The average molecular weight is 218 g/mol. The van der Waals surface area contributed by atoms with Crippen molar-refractivity contribution in [3.63, 3.8) is 0 Å². The molecule has 2 rings (SSSR count). The summed E-state index contributed by atoms with van der Waals surface area (Å²) in [5, 5.41) is 12.1. The molecular weight excluding hydrogens is 203 g/mol. The highest BCUT2D eigenvalue weighted by Gasteiger charge is 2.20. The lowest BCUT2D eigenvalue weighted by molar-refractivity contribution is 0.0697. The van der Waals surface area contributed by atoms with E-state index >= 15 is 0 Å². The molecule has 0 spiro atoms. The lowest BCUT2D eigenvalue weighted by Gasteiger charge is -2.18. The fourth-order valence-corrected chi connectivity index (χ4v) is 2.05. The number of carboxylic acid groups (broad SMARTS) is 1. The number of carbonyl (C=O) groups is 1. The van der Waals surface area contributed by atoms with Crippen LogP contribution in [-0.4, -0.2) is 38.2 Å². The van der Waals surface area contributed by atoms with E-state index in [1.54, 1.807) is 12.1 Å². The maximum atomic E-state index is 10.7. The second-order valence-corrected chi connectivity index (χ2v) is 4.07. The minimum absolute atomic E-state index is 0.341. The predicted octanol–water partition coefficient (Wildman–Crippen LogP) is 0.101. The Morgan fingerprint density at radius 2 is 2.12 bits per heavy atom. The van der Waals surface area contributed by atoms with Gasteiger partial charge in [-0.1, -0.05) is 0 Å². The van der Waals surface area contributed by atoms with Crippen LogP contribution >= 0.6 is 0 Å². The van der Waals surface area contributed by atoms with Crippen LogP contribution in [0.25, 0.3) is 0 Å². The Morgan fingerprint density at radius 1 is 1.44 bits per heavy atom. The number of nitrogens with zero attached hydrogens (tertiary/aromatic N) is 1. The molecule has 1 aromatic rings. The minimum atomic E-state index is -0.874. The van der Waals surface area contributed by atoms with Crippen LogP contribution in [0.5, 0.6) is 0 Å². The molecule has 0 bridgehead atoms. The molecule has 0 aromatic heterocycles. The first-order chi connectivity index (χ1) is 7.70. The van der Waals surface area contributed by atoms with Crippen molar-refractivity contribution in [2.24, 2.45) is 0 Å². The van der Waals surface area contributed by atoms with Crippen LogP contribution in [0.2, 0.25) is 0 Å². The average Bonchev–Trinajstić information content (AvgIpc) is 2.77. The summed E-state index contributed by atoms with van der Waals surface area (Å²) in [6, 6.07) is 7.61. The molecule has 2 N–H and O–H groups in total. The van der Waals surface area contributed by atoms with Gasteiger partial charge in [-0.05, 0) is 30.7 Å². The molecule has 1 aromatic carbocycles. The molecule has 1 aliphatic rings. The van der Waals surface area contributed by atoms with Gasteiger partial charge in [0.05, 0.1) is 5.56 Å². The van der Waals surface area contributed by atoms with E-state index < -0.39 is 5.97 Å². The molecule has 0 amide bonds. The van der Waals surface area contributed by atoms with Crippen LogP contribution in [0.4, 0.5) is 5.69 Å². The van der Waals surface area contributed by atoms with Gasteiger partial charge in [0.1, 0.15) is 0 Å². The van der Waals surface area contributed by atoms with E-state index in [-0.39, 0.29) is 0 Å². The molecule has 84 valence electrons. The van der Waals surface area contributed by atoms with Crippen molar-refractivity contribution in [3.8, 4) is 0 Å². The standard InChI is InChI=1S/C11H15BN2O2/c12-13-9-5-6-14(7-9)10-3-1-8(2-4-10)11(15)16/h1-4,9,13H,5-7,12H2,(H,15,16)/t9-/m0/s1. The van der Waals surface area contributed by atoms with Crippen LogP contribution < -0.4 is 10.1 Å². The Morgan fingerprint density at radius 3 is 2.62 bits per heavy atom. The van der Waals surface area contributed by atoms with Crippen LogP contribution in [0, 0.1) is 0 Å². The molecule has 0 unspecified atom stereocenters. The largest absolute Gasteiger partial charge is 0.478 e. The third kappa shape index (κ3) is 2.19. The SMILES string of the molecule is BN[C@H]1CCN(c2ccc(C(=O)O)cc2)C1. The van der Waals surface area contributed by atoms with Crippen molar-refractivity contribution in [1.29, 1.82) is 0 Å². The van der Waals surface area contributed by atoms with E-state index in [2.05, 4.69) is 10.1 Å². The fraction of sp³-hybridized carbons (Fsp3) is 0.364. The predicted molar refractivity (Wildman–Crippen MR) is 65.7 cm³/mol. The van der Waals surface area contributed by atoms with E-state index in [1.165, 1.54) is 0 Å². The molecule has 5 heteroatoms. The summed E-state index contributed by atoms with van der Waals surface area (Å²) >= 11 is 0. The van der Waals surface area contributed by atoms with Crippen molar-refractivity contribution in [1.82, 2.24) is 5.23 Å². The first-order valence-electron chi connectivity index (χ1n) is 5.46. The highest BCUT2D eigenvalue weighted by molar-refractivity contribution is 6.04. The fourth-order valence-electron chi connectivity index (χ4n) is 2.05. The second-order valence-electron chi connectivity index (χ2n) is 4.07. The normalized spacial score (nSPS) is 20.0. The Balaban J connectivity index is 2.08. The van der Waals surface area contributed by atoms with Crippen LogP contribution in [0.1, 0.15) is 16.8 Å². The second kappa shape index (κ2) is 4.57. The summed E-state index contributed by atoms with van der Waals surface area (Å²) < 4.78 is 0. The van der Waals surface area contributed by atoms with Gasteiger partial charge in [0.25, 0.3) is 0 Å². The van der Waals surface area contributed by atoms with Crippen LogP contribution in [0.15, 0.2) is 24.3 Å². The highest BCUT2D eigenvalue weighted by atomic mass is 16.4. The topological polar surface area (TPSA) is 52.6 Å². The summed E-state index contributed by atoms with van der Waals surface area (Å²) in [4.78, 5) is 13.0. The molecule has 1 atom stereocenters. The first kappa shape index (κ1) is 11.0. The number of hydrogen-bond donors (Lipinski definition) is 2. The van der Waals surface area contributed by atoms with Crippen molar-refractivity contribution < 1.29 is 9.90 Å². The number of nitrogens with one attached hydrogen (secondary N) is 1. The van der Waals surface area contributed by atoms with Gasteiger partial charge in [0.2, 0.25) is 0 Å². The maximum absolute atomic E-state index is 10.7. The van der Waals surface area contributed by atoms with E-state index in [0.29, 0.717) is 11.6 Å². The molecule has 1 saturated heterocycles. The third-order valence-electron chi connectivity index (χ3n) is 3.08. The lowest BCUT2D eigenvalue weighted by atomic mass is 10.2. The molecule has 1 heterocycles. The van der Waals surface area contributed by atoms with Gasteiger partial charge < -0.3 is 15.2 Å². The van der Waals surface area contributed by atoms with Gasteiger partial charge in [-0.25, -0.2) is 4.79 Å². The molecule has 0 saturated carbocycles. The van der Waals surface area contributed by atoms with Crippen LogP contribution in [0.3, 0.4) is 0 Å². The zero-order chi connectivity index (χ0) is 11.5. The maximum Gasteiger partial charge on any atom is 0.335 e. The summed E-state index contributed by atoms with van der Waals surface area (Å²) in [5.74, 6) is -0.874. The van der Waals surface area contributed by atoms with E-state index in [0.717, 1.165) is 25.2 Å². The molecule has 0 radical (unpaired) electrons. The molecule has 1 fully saturated rings. The number of benzene rings is 1. The molecule has 1 aliphatic heterocycles. The van der Waals surface area contributed by atoms with Gasteiger partial charge in [-0.3, -0.25) is 0 Å². The van der Waals surface area contributed by atoms with Crippen molar-refractivity contribution in [2.75, 3.05) is 18.0 Å². The van der Waals surface area contributed by atoms with E-state index in [1.807, 2.05) is 20.1 Å². The highest BCUT2D eigenvalue weighted by Crippen LogP contribution is 2.20. The molecular formula is C11H15BN2O2. The summed E-state index contributed by atoms with van der Waals surface area (Å²) in [6.07, 6.45) is 1.14. The molecule has 0 aliphatic carbocycles. The van der Waals surface area contributed by atoms with Crippen molar-refractivity contribution in [2.45, 2.75) is 12.5 Å². The molecule has 16 heavy (non-hydrogen) atoms. The van der Waals surface area contributed by atoms with Gasteiger partial charge in [-0.2, -0.15) is 0 Å². The quantitative estimate of drug-likeness (QED) is 0.706. The van der Waals surface area contributed by atoms with Crippen LogP contribution in [-0.2, 0) is 0 Å². The van der Waals surface area contributed by atoms with E-state index in [9.17, 15) is 4.79 Å². The number of carboxylic acids is 1. The number of hydrogen-bond acceptors (Lipinski definition) is 3. The summed E-state index contributed by atoms with van der Waals surface area (Å²) in [7, 11) is 1.97. The number of rotatable bonds is 3. The lowest BCUT2D eigenvalue weighted by Crippen LogP contribution is -2.30. The van der Waals surface area contributed by atoms with Gasteiger partial charge in [0, 0.05) is 24.8 Å². The summed E-state index contributed by atoms with van der Waals surface area (Å²) in [6.45, 7) is 2.01. The molecule has 4 nitrogen and oxygen atoms in total. The minimum Gasteiger partial charge on any atom is -0.478 e. The van der Waals surface area contributed by atoms with Crippen molar-refractivity contribution >= 4 is 19.6 Å². The Labute approximate surface area is 95.7 Å². The number of anilines is 1. The van der Waals surface area contributed by atoms with Gasteiger partial charge >= 0.3 is 5.97 Å². The zero-order valence-corrected chi connectivity index (χ0v) is 9.31. The first-order valence-corrected chi connectivity index (χ1v) is 5.46. The Hall–Kier alpha value is -1.49. The Bertz CT molecular complexity index is 380. The monoisotopic (exact) mass is 218 g/mol. The third-order valence-corrected chi connectivity index (χ3v) is 3.08. The van der Waals surface area contributed by atoms with E-state index in [4.69, 9.17) is 5.11 Å². The van der Waals surface area contributed by atoms with Gasteiger partial charge in [0.15, 0.2) is 7.98 Å². The summed E-state index contributed by atoms with van der Waals surface area (Å²) in [5.41, 5.74) is 1.44.